The van der Waals surface area contributed by atoms with Crippen molar-refractivity contribution in [1.82, 2.24) is 4.98 Å². The van der Waals surface area contributed by atoms with Crippen LogP contribution in [0.25, 0.3) is 11.0 Å². The molecule has 1 aromatic carbocycles. The third-order valence-electron chi connectivity index (χ3n) is 5.77. The topological polar surface area (TPSA) is 49.6 Å². The Morgan fingerprint density at radius 2 is 1.92 bits per heavy atom. The fourth-order valence-corrected chi connectivity index (χ4v) is 4.43. The minimum atomic E-state index is -0.383. The molecule has 2 aliphatic heterocycles. The summed E-state index contributed by atoms with van der Waals surface area (Å²) in [5.41, 5.74) is 2.70. The zero-order valence-corrected chi connectivity index (χ0v) is 14.1. The molecule has 4 heterocycles. The van der Waals surface area contributed by atoms with Crippen LogP contribution in [0, 0.1) is 0 Å². The number of likely N-dealkylation sites (N-methyl/N-ethyl adjacent to an activating group) is 1. The lowest BCUT2D eigenvalue weighted by molar-refractivity contribution is -0.123. The van der Waals surface area contributed by atoms with Crippen LogP contribution in [0.3, 0.4) is 0 Å². The van der Waals surface area contributed by atoms with E-state index in [4.69, 9.17) is 4.42 Å². The van der Waals surface area contributed by atoms with Crippen LogP contribution in [-0.4, -0.2) is 31.0 Å². The van der Waals surface area contributed by atoms with Gasteiger partial charge in [-0.05, 0) is 36.6 Å². The van der Waals surface area contributed by atoms with Crippen LogP contribution in [0.2, 0.25) is 0 Å². The van der Waals surface area contributed by atoms with Gasteiger partial charge in [-0.3, -0.25) is 4.79 Å². The van der Waals surface area contributed by atoms with Crippen LogP contribution in [0.1, 0.15) is 18.4 Å². The van der Waals surface area contributed by atoms with Crippen molar-refractivity contribution >= 4 is 28.4 Å². The Labute approximate surface area is 145 Å². The van der Waals surface area contributed by atoms with Crippen molar-refractivity contribution in [3.8, 4) is 0 Å². The average molecular weight is 333 g/mol. The molecule has 1 saturated heterocycles. The third kappa shape index (κ3) is 1.89. The Morgan fingerprint density at radius 1 is 1.12 bits per heavy atom. The minimum absolute atomic E-state index is 0.225. The maximum atomic E-state index is 13.0. The molecule has 0 saturated carbocycles. The Hall–Kier alpha value is -2.82. The van der Waals surface area contributed by atoms with Crippen LogP contribution in [0.15, 0.2) is 53.3 Å². The maximum Gasteiger partial charge on any atom is 0.237 e. The molecule has 0 unspecified atom stereocenters. The summed E-state index contributed by atoms with van der Waals surface area (Å²) < 4.78 is 5.49. The van der Waals surface area contributed by atoms with Crippen molar-refractivity contribution in [2.45, 2.75) is 18.3 Å². The lowest BCUT2D eigenvalue weighted by atomic mass is 9.73. The number of para-hydroxylation sites is 1. The highest BCUT2D eigenvalue weighted by molar-refractivity contribution is 6.08. The van der Waals surface area contributed by atoms with Crippen molar-refractivity contribution in [3.05, 3.63) is 54.4 Å². The smallest absolute Gasteiger partial charge is 0.237 e. The molecule has 3 aromatic rings. The van der Waals surface area contributed by atoms with Crippen LogP contribution in [0.4, 0.5) is 11.5 Å². The molecule has 5 nitrogen and oxygen atoms in total. The summed E-state index contributed by atoms with van der Waals surface area (Å²) in [6, 6.07) is 12.0. The molecule has 126 valence electrons. The third-order valence-corrected chi connectivity index (χ3v) is 5.77. The highest BCUT2D eigenvalue weighted by atomic mass is 16.3. The first kappa shape index (κ1) is 14.5. The SMILES string of the molecule is CN1C(=O)C2(CCN(c3nccc4occc34)CC2)c2ccccc21. The monoisotopic (exact) mass is 333 g/mol. The van der Waals surface area contributed by atoms with E-state index in [1.54, 1.807) is 12.5 Å². The molecule has 25 heavy (non-hydrogen) atoms. The number of carbonyl (C=O) groups is 1. The van der Waals surface area contributed by atoms with E-state index < -0.39 is 0 Å². The van der Waals surface area contributed by atoms with Gasteiger partial charge in [-0.1, -0.05) is 18.2 Å². The molecule has 0 N–H and O–H groups in total. The Kier molecular flexibility index (Phi) is 2.95. The van der Waals surface area contributed by atoms with Crippen molar-refractivity contribution in [1.29, 1.82) is 0 Å². The molecular weight excluding hydrogens is 314 g/mol. The van der Waals surface area contributed by atoms with Crippen LogP contribution >= 0.6 is 0 Å². The number of anilines is 2. The van der Waals surface area contributed by atoms with Gasteiger partial charge in [0.2, 0.25) is 5.91 Å². The average Bonchev–Trinajstić information content (AvgIpc) is 3.22. The second kappa shape index (κ2) is 5.09. The van der Waals surface area contributed by atoms with E-state index in [-0.39, 0.29) is 11.3 Å². The summed E-state index contributed by atoms with van der Waals surface area (Å²) in [6.07, 6.45) is 5.11. The maximum absolute atomic E-state index is 13.0. The number of furan rings is 1. The van der Waals surface area contributed by atoms with Gasteiger partial charge in [0, 0.05) is 32.0 Å². The molecule has 1 spiro atoms. The summed E-state index contributed by atoms with van der Waals surface area (Å²) in [5, 5.41) is 1.04. The van der Waals surface area contributed by atoms with Crippen molar-refractivity contribution in [3.63, 3.8) is 0 Å². The highest BCUT2D eigenvalue weighted by Gasteiger charge is 2.50. The molecule has 0 aliphatic carbocycles. The summed E-state index contributed by atoms with van der Waals surface area (Å²) in [5.74, 6) is 1.18. The quantitative estimate of drug-likeness (QED) is 0.685. The lowest BCUT2D eigenvalue weighted by Crippen LogP contribution is -2.48. The van der Waals surface area contributed by atoms with Gasteiger partial charge in [-0.2, -0.15) is 0 Å². The summed E-state index contributed by atoms with van der Waals surface area (Å²) >= 11 is 0. The zero-order valence-electron chi connectivity index (χ0n) is 14.1. The second-order valence-electron chi connectivity index (χ2n) is 6.92. The molecule has 0 atom stereocenters. The Balaban J connectivity index is 1.49. The highest BCUT2D eigenvalue weighted by Crippen LogP contribution is 2.47. The number of hydrogen-bond acceptors (Lipinski definition) is 4. The standard InChI is InChI=1S/C20H19N3O2/c1-22-16-5-3-2-4-15(16)20(19(22)24)8-11-23(12-9-20)18-14-7-13-25-17(14)6-10-21-18/h2-7,10,13H,8-9,11-12H2,1H3. The number of hydrogen-bond donors (Lipinski definition) is 0. The molecule has 2 aliphatic rings. The van der Waals surface area contributed by atoms with E-state index in [2.05, 4.69) is 16.0 Å². The number of fused-ring (bicyclic) bond motifs is 3. The van der Waals surface area contributed by atoms with E-state index in [0.29, 0.717) is 0 Å². The van der Waals surface area contributed by atoms with Gasteiger partial charge in [-0.15, -0.1) is 0 Å². The summed E-state index contributed by atoms with van der Waals surface area (Å²) in [7, 11) is 1.88. The molecule has 1 fully saturated rings. The number of carbonyl (C=O) groups excluding carboxylic acids is 1. The van der Waals surface area contributed by atoms with E-state index in [1.165, 1.54) is 5.56 Å². The minimum Gasteiger partial charge on any atom is -0.464 e. The largest absolute Gasteiger partial charge is 0.464 e. The van der Waals surface area contributed by atoms with Gasteiger partial charge in [0.25, 0.3) is 0 Å². The van der Waals surface area contributed by atoms with Gasteiger partial charge in [0.15, 0.2) is 0 Å². The Morgan fingerprint density at radius 3 is 2.76 bits per heavy atom. The fourth-order valence-electron chi connectivity index (χ4n) is 4.43. The summed E-state index contributed by atoms with van der Waals surface area (Å²) in [6.45, 7) is 1.62. The first-order chi connectivity index (χ1) is 12.2. The molecule has 0 bridgehead atoms. The van der Waals surface area contributed by atoms with Gasteiger partial charge in [0.1, 0.15) is 11.4 Å². The lowest BCUT2D eigenvalue weighted by Gasteiger charge is -2.39. The van der Waals surface area contributed by atoms with Crippen LogP contribution < -0.4 is 9.80 Å². The molecule has 5 rings (SSSR count). The van der Waals surface area contributed by atoms with Gasteiger partial charge in [-0.25, -0.2) is 4.98 Å². The number of pyridine rings is 1. The van der Waals surface area contributed by atoms with Gasteiger partial charge >= 0.3 is 0 Å². The number of aromatic nitrogens is 1. The molecule has 2 aromatic heterocycles. The number of benzene rings is 1. The predicted octanol–water partition coefficient (Wildman–Crippen LogP) is 3.34. The molecule has 0 radical (unpaired) electrons. The number of amides is 1. The van der Waals surface area contributed by atoms with Crippen molar-refractivity contribution < 1.29 is 9.21 Å². The first-order valence-electron chi connectivity index (χ1n) is 8.65. The normalized spacial score (nSPS) is 19.0. The van der Waals surface area contributed by atoms with E-state index >= 15 is 0 Å². The van der Waals surface area contributed by atoms with Gasteiger partial charge in [0.05, 0.1) is 17.1 Å². The predicted molar refractivity (Wildman–Crippen MR) is 97.0 cm³/mol. The molecule has 1 amide bonds. The van der Waals surface area contributed by atoms with Crippen LogP contribution in [0.5, 0.6) is 0 Å². The number of piperidine rings is 1. The van der Waals surface area contributed by atoms with E-state index in [9.17, 15) is 4.79 Å². The molecular formula is C20H19N3O2. The fraction of sp³-hybridized carbons (Fsp3) is 0.300. The zero-order chi connectivity index (χ0) is 17.0. The second-order valence-corrected chi connectivity index (χ2v) is 6.92. The summed E-state index contributed by atoms with van der Waals surface area (Å²) in [4.78, 5) is 21.7. The first-order valence-corrected chi connectivity index (χ1v) is 8.65. The van der Waals surface area contributed by atoms with Crippen molar-refractivity contribution in [2.75, 3.05) is 29.9 Å². The van der Waals surface area contributed by atoms with Crippen molar-refractivity contribution in [2.24, 2.45) is 0 Å². The Bertz CT molecular complexity index is 970. The van der Waals surface area contributed by atoms with E-state index in [1.807, 2.05) is 42.3 Å². The van der Waals surface area contributed by atoms with Gasteiger partial charge < -0.3 is 14.2 Å². The number of rotatable bonds is 1. The molecule has 5 heteroatoms. The van der Waals surface area contributed by atoms with E-state index in [0.717, 1.165) is 48.4 Å². The number of nitrogens with zero attached hydrogens (tertiary/aromatic N) is 3. The van der Waals surface area contributed by atoms with Crippen LogP contribution in [-0.2, 0) is 10.2 Å².